The van der Waals surface area contributed by atoms with E-state index in [1.165, 1.54) is 42.5 Å². The highest BCUT2D eigenvalue weighted by molar-refractivity contribution is 5.75. The number of non-ortho nitro benzene ring substituents is 1. The van der Waals surface area contributed by atoms with Gasteiger partial charge in [-0.05, 0) is 35.9 Å². The summed E-state index contributed by atoms with van der Waals surface area (Å²) < 4.78 is 18.7. The first-order chi connectivity index (χ1) is 14.7. The van der Waals surface area contributed by atoms with Crippen LogP contribution in [0.3, 0.4) is 0 Å². The number of H-pyrrole nitrogens is 2. The predicted molar refractivity (Wildman–Crippen MR) is 107 cm³/mol. The van der Waals surface area contributed by atoms with Crippen LogP contribution < -0.4 is 16.0 Å². The summed E-state index contributed by atoms with van der Waals surface area (Å²) in [7, 11) is 0. The second-order valence-electron chi connectivity index (χ2n) is 6.16. The smallest absolute Gasteiger partial charge is 0.357 e. The largest absolute Gasteiger partial charge is 0.488 e. The Labute approximate surface area is 171 Å². The third-order valence-corrected chi connectivity index (χ3v) is 4.07. The number of aromatic amines is 2. The molecular formula is C19H13FN4O7. The lowest BCUT2D eigenvalue weighted by Crippen LogP contribution is -2.25. The second kappa shape index (κ2) is 8.82. The molecular weight excluding hydrogens is 415 g/mol. The Kier molecular flexibility index (Phi) is 6.00. The molecule has 0 bridgehead atoms. The van der Waals surface area contributed by atoms with Crippen LogP contribution in [0.15, 0.2) is 52.1 Å². The molecule has 2 N–H and O–H groups in total. The molecule has 0 radical (unpaired) electrons. The Morgan fingerprint density at radius 2 is 1.68 bits per heavy atom. The standard InChI is InChI=1S/C19H13FN4O7/c20-13-4-1-11(2-5-13)10-31-16-8-6-14(23(27)28)9-12(16)3-7-15-17(24(29)30)18(25)22-19(26)21-15/h1-9H,10H2,(H2,21,22,25,26). The van der Waals surface area contributed by atoms with Crippen molar-refractivity contribution in [3.8, 4) is 5.75 Å². The monoisotopic (exact) mass is 428 g/mol. The summed E-state index contributed by atoms with van der Waals surface area (Å²) in [5.41, 5.74) is -2.93. The number of rotatable bonds is 7. The highest BCUT2D eigenvalue weighted by Gasteiger charge is 2.19. The lowest BCUT2D eigenvalue weighted by molar-refractivity contribution is -0.386. The highest BCUT2D eigenvalue weighted by Crippen LogP contribution is 2.27. The number of benzene rings is 2. The quantitative estimate of drug-likeness (QED) is 0.432. The van der Waals surface area contributed by atoms with E-state index in [0.717, 1.165) is 12.1 Å². The van der Waals surface area contributed by atoms with Crippen LogP contribution in [-0.4, -0.2) is 19.8 Å². The number of nitro benzene ring substituents is 1. The van der Waals surface area contributed by atoms with E-state index in [2.05, 4.69) is 4.98 Å². The minimum absolute atomic E-state index is 0.0148. The van der Waals surface area contributed by atoms with Crippen LogP contribution in [0.4, 0.5) is 15.8 Å². The van der Waals surface area contributed by atoms with E-state index < -0.39 is 38.3 Å². The molecule has 0 saturated carbocycles. The maximum atomic E-state index is 13.0. The van der Waals surface area contributed by atoms with Gasteiger partial charge in [0.2, 0.25) is 0 Å². The summed E-state index contributed by atoms with van der Waals surface area (Å²) in [6.45, 7) is 0.0148. The molecule has 0 amide bonds. The number of halogens is 1. The van der Waals surface area contributed by atoms with Crippen LogP contribution >= 0.6 is 0 Å². The molecule has 0 unspecified atom stereocenters. The van der Waals surface area contributed by atoms with Gasteiger partial charge in [-0.15, -0.1) is 0 Å². The van der Waals surface area contributed by atoms with Gasteiger partial charge in [0.05, 0.1) is 9.85 Å². The van der Waals surface area contributed by atoms with Crippen LogP contribution in [-0.2, 0) is 6.61 Å². The van der Waals surface area contributed by atoms with Crippen LogP contribution in [0.25, 0.3) is 12.2 Å². The van der Waals surface area contributed by atoms with Gasteiger partial charge in [-0.3, -0.25) is 30.0 Å². The molecule has 158 valence electrons. The van der Waals surface area contributed by atoms with Gasteiger partial charge in [0.15, 0.2) is 0 Å². The molecule has 0 saturated heterocycles. The van der Waals surface area contributed by atoms with Crippen LogP contribution in [0, 0.1) is 26.0 Å². The Hall–Kier alpha value is -4.61. The van der Waals surface area contributed by atoms with Gasteiger partial charge < -0.3 is 9.72 Å². The molecule has 0 fully saturated rings. The van der Waals surface area contributed by atoms with E-state index in [4.69, 9.17) is 4.74 Å². The average molecular weight is 428 g/mol. The second-order valence-corrected chi connectivity index (χ2v) is 6.16. The van der Waals surface area contributed by atoms with E-state index >= 15 is 0 Å². The van der Waals surface area contributed by atoms with Crippen molar-refractivity contribution in [2.24, 2.45) is 0 Å². The third-order valence-electron chi connectivity index (χ3n) is 4.07. The minimum Gasteiger partial charge on any atom is -0.488 e. The zero-order valence-electron chi connectivity index (χ0n) is 15.5. The molecule has 31 heavy (non-hydrogen) atoms. The normalized spacial score (nSPS) is 10.9. The first-order valence-electron chi connectivity index (χ1n) is 8.59. The lowest BCUT2D eigenvalue weighted by Gasteiger charge is -2.09. The maximum absolute atomic E-state index is 13.0. The molecule has 0 spiro atoms. The van der Waals surface area contributed by atoms with Gasteiger partial charge in [-0.1, -0.05) is 12.1 Å². The lowest BCUT2D eigenvalue weighted by atomic mass is 10.1. The van der Waals surface area contributed by atoms with Crippen LogP contribution in [0.5, 0.6) is 5.75 Å². The van der Waals surface area contributed by atoms with Gasteiger partial charge in [0, 0.05) is 17.7 Å². The van der Waals surface area contributed by atoms with Crippen molar-refractivity contribution < 1.29 is 19.0 Å². The molecule has 0 aliphatic carbocycles. The Morgan fingerprint density at radius 3 is 2.32 bits per heavy atom. The molecule has 3 rings (SSSR count). The van der Waals surface area contributed by atoms with Crippen molar-refractivity contribution in [1.29, 1.82) is 0 Å². The molecule has 1 aromatic heterocycles. The molecule has 12 heteroatoms. The van der Waals surface area contributed by atoms with E-state index in [0.29, 0.717) is 5.56 Å². The van der Waals surface area contributed by atoms with E-state index in [1.54, 1.807) is 4.98 Å². The molecule has 0 aliphatic heterocycles. The minimum atomic E-state index is -1.19. The summed E-state index contributed by atoms with van der Waals surface area (Å²) in [5.74, 6) is -0.239. The summed E-state index contributed by atoms with van der Waals surface area (Å²) in [4.78, 5) is 47.7. The molecule has 0 aliphatic rings. The summed E-state index contributed by atoms with van der Waals surface area (Å²) in [5, 5.41) is 22.3. The number of hydrogen-bond acceptors (Lipinski definition) is 7. The summed E-state index contributed by atoms with van der Waals surface area (Å²) in [6.07, 6.45) is 2.29. The third kappa shape index (κ3) is 5.06. The van der Waals surface area contributed by atoms with Gasteiger partial charge in [0.1, 0.15) is 23.9 Å². The number of nitro groups is 2. The predicted octanol–water partition coefficient (Wildman–Crippen LogP) is 2.77. The Morgan fingerprint density at radius 1 is 0.968 bits per heavy atom. The van der Waals surface area contributed by atoms with Crippen molar-refractivity contribution in [3.05, 3.63) is 106 Å². The fourth-order valence-corrected chi connectivity index (χ4v) is 2.63. The van der Waals surface area contributed by atoms with Crippen molar-refractivity contribution in [2.75, 3.05) is 0 Å². The molecule has 11 nitrogen and oxygen atoms in total. The maximum Gasteiger partial charge on any atom is 0.357 e. The van der Waals surface area contributed by atoms with Crippen molar-refractivity contribution >= 4 is 23.5 Å². The zero-order chi connectivity index (χ0) is 22.5. The SMILES string of the molecule is O=c1[nH]c(C=Cc2cc([N+](=O)[O-])ccc2OCc2ccc(F)cc2)c([N+](=O)[O-])c(=O)[nH]1. The van der Waals surface area contributed by atoms with Crippen molar-refractivity contribution in [2.45, 2.75) is 6.61 Å². The van der Waals surface area contributed by atoms with E-state index in [-0.39, 0.29) is 23.6 Å². The molecule has 3 aromatic rings. The molecule has 0 atom stereocenters. The zero-order valence-corrected chi connectivity index (χ0v) is 15.5. The van der Waals surface area contributed by atoms with E-state index in [1.807, 2.05) is 0 Å². The first kappa shape index (κ1) is 21.1. The number of aromatic nitrogens is 2. The topological polar surface area (TPSA) is 161 Å². The fourth-order valence-electron chi connectivity index (χ4n) is 2.63. The van der Waals surface area contributed by atoms with Crippen LogP contribution in [0.1, 0.15) is 16.8 Å². The molecule has 2 aromatic carbocycles. The summed E-state index contributed by atoms with van der Waals surface area (Å²) >= 11 is 0. The fraction of sp³-hybridized carbons (Fsp3) is 0.0526. The van der Waals surface area contributed by atoms with Crippen molar-refractivity contribution in [1.82, 2.24) is 9.97 Å². The average Bonchev–Trinajstić information content (AvgIpc) is 2.71. The Bertz CT molecular complexity index is 1300. The van der Waals surface area contributed by atoms with Gasteiger partial charge >= 0.3 is 16.9 Å². The first-order valence-corrected chi connectivity index (χ1v) is 8.59. The number of ether oxygens (including phenoxy) is 1. The highest BCUT2D eigenvalue weighted by atomic mass is 19.1. The number of nitrogens with zero attached hydrogens (tertiary/aromatic N) is 2. The number of hydrogen-bond donors (Lipinski definition) is 2. The van der Waals surface area contributed by atoms with Gasteiger partial charge in [-0.2, -0.15) is 0 Å². The summed E-state index contributed by atoms with van der Waals surface area (Å²) in [6, 6.07) is 9.19. The number of nitrogens with one attached hydrogen (secondary N) is 2. The van der Waals surface area contributed by atoms with E-state index in [9.17, 15) is 34.2 Å². The molecule has 1 heterocycles. The van der Waals surface area contributed by atoms with Gasteiger partial charge in [-0.25, -0.2) is 9.18 Å². The Balaban J connectivity index is 1.99. The van der Waals surface area contributed by atoms with Crippen molar-refractivity contribution in [3.63, 3.8) is 0 Å². The van der Waals surface area contributed by atoms with Gasteiger partial charge in [0.25, 0.3) is 5.69 Å². The van der Waals surface area contributed by atoms with Crippen LogP contribution in [0.2, 0.25) is 0 Å².